The molecule has 2 saturated heterocycles. The number of carboxylic acids is 2. The Morgan fingerprint density at radius 1 is 0.793 bits per heavy atom. The van der Waals surface area contributed by atoms with Gasteiger partial charge in [-0.25, -0.2) is 0 Å². The van der Waals surface area contributed by atoms with Gasteiger partial charge in [-0.1, -0.05) is 0 Å². The van der Waals surface area contributed by atoms with Gasteiger partial charge in [-0.3, -0.25) is 19.4 Å². The van der Waals surface area contributed by atoms with Crippen molar-refractivity contribution < 1.29 is 24.6 Å². The Balaban J connectivity index is 2.04. The third kappa shape index (κ3) is 8.77. The SMILES string of the molecule is CC(=O)CC[C@@H](C(=O)O)N1CCCN2CCN(CCCN(CC(=O)O)CC2)CC1. The Hall–Kier alpha value is -1.55. The van der Waals surface area contributed by atoms with Crippen molar-refractivity contribution >= 4 is 17.7 Å². The van der Waals surface area contributed by atoms with Gasteiger partial charge in [-0.15, -0.1) is 0 Å². The van der Waals surface area contributed by atoms with Crippen molar-refractivity contribution in [3.63, 3.8) is 0 Å². The fourth-order valence-corrected chi connectivity index (χ4v) is 4.21. The number of carbonyl (C=O) groups excluding carboxylic acids is 1. The van der Waals surface area contributed by atoms with Gasteiger partial charge in [-0.2, -0.15) is 0 Å². The van der Waals surface area contributed by atoms with Gasteiger partial charge >= 0.3 is 11.9 Å². The molecule has 2 bridgehead atoms. The summed E-state index contributed by atoms with van der Waals surface area (Å²) in [6.07, 6.45) is 2.42. The minimum absolute atomic E-state index is 0.0261. The topological polar surface area (TPSA) is 105 Å². The summed E-state index contributed by atoms with van der Waals surface area (Å²) in [7, 11) is 0. The molecule has 0 amide bonds. The van der Waals surface area contributed by atoms with E-state index in [-0.39, 0.29) is 12.3 Å². The first-order valence-electron chi connectivity index (χ1n) is 10.7. The van der Waals surface area contributed by atoms with Crippen molar-refractivity contribution in [2.24, 2.45) is 0 Å². The van der Waals surface area contributed by atoms with Gasteiger partial charge < -0.3 is 24.8 Å². The Bertz CT molecular complexity index is 559. The van der Waals surface area contributed by atoms with Crippen LogP contribution in [0.15, 0.2) is 0 Å². The molecule has 166 valence electrons. The Morgan fingerprint density at radius 2 is 1.38 bits per heavy atom. The monoisotopic (exact) mass is 412 g/mol. The van der Waals surface area contributed by atoms with E-state index in [4.69, 9.17) is 5.11 Å². The second-order valence-electron chi connectivity index (χ2n) is 8.19. The molecule has 2 aliphatic rings. The van der Waals surface area contributed by atoms with Gasteiger partial charge in [0.2, 0.25) is 0 Å². The molecule has 0 aromatic rings. The quantitative estimate of drug-likeness (QED) is 0.593. The zero-order valence-corrected chi connectivity index (χ0v) is 17.6. The Morgan fingerprint density at radius 3 is 1.97 bits per heavy atom. The van der Waals surface area contributed by atoms with Crippen LogP contribution >= 0.6 is 0 Å². The van der Waals surface area contributed by atoms with E-state index in [1.54, 1.807) is 0 Å². The van der Waals surface area contributed by atoms with Gasteiger partial charge in [-0.05, 0) is 39.3 Å². The largest absolute Gasteiger partial charge is 0.480 e. The fourth-order valence-electron chi connectivity index (χ4n) is 4.21. The molecule has 0 spiro atoms. The molecule has 0 aromatic heterocycles. The van der Waals surface area contributed by atoms with E-state index in [1.165, 1.54) is 6.92 Å². The summed E-state index contributed by atoms with van der Waals surface area (Å²) in [5.74, 6) is -1.61. The van der Waals surface area contributed by atoms with Crippen LogP contribution in [-0.2, 0) is 14.4 Å². The molecule has 0 radical (unpaired) electrons. The zero-order chi connectivity index (χ0) is 21.2. The number of carboxylic acid groups (broad SMARTS) is 2. The number of fused-ring (bicyclic) bond motifs is 3. The number of rotatable bonds is 7. The van der Waals surface area contributed by atoms with E-state index in [1.807, 2.05) is 9.80 Å². The van der Waals surface area contributed by atoms with Gasteiger partial charge in [0.15, 0.2) is 0 Å². The van der Waals surface area contributed by atoms with Crippen LogP contribution < -0.4 is 0 Å². The van der Waals surface area contributed by atoms with Crippen LogP contribution in [0, 0.1) is 0 Å². The number of carbonyl (C=O) groups is 3. The van der Waals surface area contributed by atoms with Crippen molar-refractivity contribution in [3.8, 4) is 0 Å². The molecule has 9 heteroatoms. The number of hydrogen-bond donors (Lipinski definition) is 2. The zero-order valence-electron chi connectivity index (χ0n) is 17.6. The number of aliphatic carboxylic acids is 2. The maximum Gasteiger partial charge on any atom is 0.320 e. The fraction of sp³-hybridized carbons (Fsp3) is 0.850. The maximum atomic E-state index is 11.8. The van der Waals surface area contributed by atoms with Crippen molar-refractivity contribution in [1.82, 2.24) is 19.6 Å². The van der Waals surface area contributed by atoms with E-state index in [2.05, 4.69) is 9.80 Å². The predicted octanol–water partition coefficient (Wildman–Crippen LogP) is -0.0912. The van der Waals surface area contributed by atoms with Gasteiger partial charge in [0, 0.05) is 58.8 Å². The minimum Gasteiger partial charge on any atom is -0.480 e. The second kappa shape index (κ2) is 12.2. The summed E-state index contributed by atoms with van der Waals surface area (Å²) in [6, 6.07) is -0.618. The van der Waals surface area contributed by atoms with Crippen molar-refractivity contribution in [2.45, 2.75) is 38.6 Å². The highest BCUT2D eigenvalue weighted by Crippen LogP contribution is 2.12. The highest BCUT2D eigenvalue weighted by atomic mass is 16.4. The molecule has 0 aromatic carbocycles. The van der Waals surface area contributed by atoms with E-state index < -0.39 is 18.0 Å². The summed E-state index contributed by atoms with van der Waals surface area (Å²) in [6.45, 7) is 9.71. The lowest BCUT2D eigenvalue weighted by atomic mass is 10.1. The molecule has 2 fully saturated rings. The lowest BCUT2D eigenvalue weighted by molar-refractivity contribution is -0.144. The molecule has 2 N–H and O–H groups in total. The molecule has 2 heterocycles. The average molecular weight is 413 g/mol. The minimum atomic E-state index is -0.850. The third-order valence-corrected chi connectivity index (χ3v) is 5.89. The molecule has 2 aliphatic heterocycles. The average Bonchev–Trinajstić information content (AvgIpc) is 2.65. The summed E-state index contributed by atoms with van der Waals surface area (Å²) in [5, 5.41) is 18.8. The number of hydrogen-bond acceptors (Lipinski definition) is 7. The van der Waals surface area contributed by atoms with E-state index in [0.29, 0.717) is 25.9 Å². The van der Waals surface area contributed by atoms with Gasteiger partial charge in [0.1, 0.15) is 11.8 Å². The smallest absolute Gasteiger partial charge is 0.320 e. The molecular weight excluding hydrogens is 376 g/mol. The van der Waals surface area contributed by atoms with Crippen LogP contribution in [0.4, 0.5) is 0 Å². The molecule has 0 saturated carbocycles. The lowest BCUT2D eigenvalue weighted by Gasteiger charge is -2.37. The van der Waals surface area contributed by atoms with Gasteiger partial charge in [0.05, 0.1) is 6.54 Å². The molecule has 2 rings (SSSR count). The number of Topliss-reactive ketones (excluding diaryl/α,β-unsaturated/α-hetero) is 1. The molecule has 0 aliphatic carbocycles. The lowest BCUT2D eigenvalue weighted by Crippen LogP contribution is -2.50. The highest BCUT2D eigenvalue weighted by Gasteiger charge is 2.27. The summed E-state index contributed by atoms with van der Waals surface area (Å²) >= 11 is 0. The van der Waals surface area contributed by atoms with Crippen LogP contribution in [0.25, 0.3) is 0 Å². The van der Waals surface area contributed by atoms with Crippen LogP contribution in [0.3, 0.4) is 0 Å². The van der Waals surface area contributed by atoms with E-state index in [0.717, 1.165) is 65.2 Å². The van der Waals surface area contributed by atoms with Crippen LogP contribution in [0.5, 0.6) is 0 Å². The molecule has 9 nitrogen and oxygen atoms in total. The highest BCUT2D eigenvalue weighted by molar-refractivity contribution is 5.78. The van der Waals surface area contributed by atoms with E-state index in [9.17, 15) is 19.5 Å². The number of ketones is 1. The first kappa shape index (κ1) is 23.7. The third-order valence-electron chi connectivity index (χ3n) is 5.89. The molecule has 2 unspecified atom stereocenters. The first-order chi connectivity index (χ1) is 13.8. The first-order valence-corrected chi connectivity index (χ1v) is 10.7. The summed E-state index contributed by atoms with van der Waals surface area (Å²) in [5.41, 5.74) is 0. The van der Waals surface area contributed by atoms with Crippen LogP contribution in [-0.4, -0.2) is 126 Å². The second-order valence-corrected chi connectivity index (χ2v) is 8.19. The Kier molecular flexibility index (Phi) is 9.99. The predicted molar refractivity (Wildman–Crippen MR) is 109 cm³/mol. The van der Waals surface area contributed by atoms with Crippen LogP contribution in [0.1, 0.15) is 32.6 Å². The standard InChI is InChI=1S/C20H36N4O5/c1-17(25)4-5-18(20(28)29)24-9-3-7-21-10-11-22(14-15-24)6-2-8-23(13-12-21)16-19(26)27/h18H,2-16H2,1H3,(H,26,27)(H,28,29)/t18-/m0/s1. The maximum absolute atomic E-state index is 11.8. The normalized spacial score (nSPS) is 26.5. The van der Waals surface area contributed by atoms with Gasteiger partial charge in [0.25, 0.3) is 0 Å². The molecule has 29 heavy (non-hydrogen) atoms. The van der Waals surface area contributed by atoms with Crippen LogP contribution in [0.2, 0.25) is 0 Å². The van der Waals surface area contributed by atoms with Crippen molar-refractivity contribution in [1.29, 1.82) is 0 Å². The Labute approximate surface area is 173 Å². The number of nitrogens with zero attached hydrogens (tertiary/aromatic N) is 4. The van der Waals surface area contributed by atoms with Crippen molar-refractivity contribution in [3.05, 3.63) is 0 Å². The molecular formula is C20H36N4O5. The molecule has 3 atom stereocenters. The summed E-state index contributed by atoms with van der Waals surface area (Å²) < 4.78 is 0. The van der Waals surface area contributed by atoms with E-state index >= 15 is 0 Å². The van der Waals surface area contributed by atoms with Crippen molar-refractivity contribution in [2.75, 3.05) is 72.0 Å². The summed E-state index contributed by atoms with van der Waals surface area (Å²) in [4.78, 5) is 43.1.